The summed E-state index contributed by atoms with van der Waals surface area (Å²) in [5.74, 6) is -0.144. The van der Waals surface area contributed by atoms with Gasteiger partial charge in [0.1, 0.15) is 0 Å². The molecule has 1 amide bonds. The Kier molecular flexibility index (Phi) is 5.58. The van der Waals surface area contributed by atoms with Crippen molar-refractivity contribution in [2.24, 2.45) is 4.99 Å². The highest BCUT2D eigenvalue weighted by Crippen LogP contribution is 2.30. The Morgan fingerprint density at radius 3 is 2.50 bits per heavy atom. The number of hydrogen-bond acceptors (Lipinski definition) is 5. The van der Waals surface area contributed by atoms with Crippen molar-refractivity contribution in [1.82, 2.24) is 4.90 Å². The first-order valence-corrected chi connectivity index (χ1v) is 9.23. The van der Waals surface area contributed by atoms with Crippen LogP contribution < -0.4 is 4.90 Å². The van der Waals surface area contributed by atoms with E-state index in [-0.39, 0.29) is 5.91 Å². The van der Waals surface area contributed by atoms with Crippen LogP contribution in [0.15, 0.2) is 34.2 Å². The largest absolute Gasteiger partial charge is 0.378 e. The quantitative estimate of drug-likeness (QED) is 0.785. The number of nitrogens with zero attached hydrogens (tertiary/aromatic N) is 3. The Labute approximate surface area is 147 Å². The first kappa shape index (κ1) is 17.0. The van der Waals surface area contributed by atoms with Gasteiger partial charge in [0.25, 0.3) is 5.91 Å². The average Bonchev–Trinajstić information content (AvgIpc) is 2.99. The first-order valence-electron chi connectivity index (χ1n) is 8.41. The lowest BCUT2D eigenvalue weighted by molar-refractivity contribution is -0.113. The molecule has 6 heteroatoms. The molecule has 3 rings (SSSR count). The maximum absolute atomic E-state index is 12.2. The van der Waals surface area contributed by atoms with Crippen molar-refractivity contribution in [3.63, 3.8) is 0 Å². The van der Waals surface area contributed by atoms with Gasteiger partial charge in [-0.15, -0.1) is 0 Å². The van der Waals surface area contributed by atoms with Crippen molar-refractivity contribution >= 4 is 34.6 Å². The van der Waals surface area contributed by atoms with Crippen molar-refractivity contribution in [3.05, 3.63) is 34.7 Å². The number of rotatable bonds is 4. The number of benzene rings is 1. The summed E-state index contributed by atoms with van der Waals surface area (Å²) in [7, 11) is 0. The molecule has 1 fully saturated rings. The van der Waals surface area contributed by atoms with E-state index in [0.29, 0.717) is 18.1 Å². The molecule has 1 saturated heterocycles. The molecule has 1 aromatic carbocycles. The fourth-order valence-corrected chi connectivity index (χ4v) is 3.77. The van der Waals surface area contributed by atoms with E-state index < -0.39 is 0 Å². The van der Waals surface area contributed by atoms with Crippen LogP contribution in [0.1, 0.15) is 19.4 Å². The summed E-state index contributed by atoms with van der Waals surface area (Å²) in [5.41, 5.74) is 2.23. The van der Waals surface area contributed by atoms with E-state index in [1.807, 2.05) is 6.08 Å². The van der Waals surface area contributed by atoms with Crippen molar-refractivity contribution in [2.45, 2.75) is 13.8 Å². The summed E-state index contributed by atoms with van der Waals surface area (Å²) in [6, 6.07) is 8.32. The monoisotopic (exact) mass is 345 g/mol. The maximum Gasteiger partial charge on any atom is 0.286 e. The minimum absolute atomic E-state index is 0.144. The predicted molar refractivity (Wildman–Crippen MR) is 100 cm³/mol. The minimum Gasteiger partial charge on any atom is -0.378 e. The zero-order valence-electron chi connectivity index (χ0n) is 14.2. The van der Waals surface area contributed by atoms with Crippen LogP contribution in [0.3, 0.4) is 0 Å². The number of anilines is 1. The topological polar surface area (TPSA) is 45.1 Å². The molecule has 0 N–H and O–H groups in total. The van der Waals surface area contributed by atoms with Gasteiger partial charge in [-0.3, -0.25) is 4.79 Å². The normalized spacial score (nSPS) is 19.8. The number of carbonyl (C=O) groups excluding carboxylic acids is 1. The van der Waals surface area contributed by atoms with Gasteiger partial charge in [0.2, 0.25) is 0 Å². The molecule has 2 heterocycles. The van der Waals surface area contributed by atoms with Crippen LogP contribution in [0, 0.1) is 0 Å². The second kappa shape index (κ2) is 7.85. The van der Waals surface area contributed by atoms with Gasteiger partial charge in [0.15, 0.2) is 5.17 Å². The minimum atomic E-state index is -0.144. The van der Waals surface area contributed by atoms with Gasteiger partial charge < -0.3 is 14.5 Å². The predicted octanol–water partition coefficient (Wildman–Crippen LogP) is 2.84. The third-order valence-corrected chi connectivity index (χ3v) is 5.25. The van der Waals surface area contributed by atoms with Gasteiger partial charge in [-0.25, -0.2) is 0 Å². The van der Waals surface area contributed by atoms with Gasteiger partial charge in [-0.2, -0.15) is 4.99 Å². The number of hydrogen-bond donors (Lipinski definition) is 0. The standard InChI is InChI=1S/C18H23N3O2S/c1-3-20(4-2)15-7-5-14(6-8-15)13-16-17(22)19-18(24-16)21-9-11-23-12-10-21/h5-8,13H,3-4,9-12H2,1-2H3/b16-13+. The summed E-state index contributed by atoms with van der Waals surface area (Å²) < 4.78 is 5.35. The molecule has 0 aliphatic carbocycles. The van der Waals surface area contributed by atoms with Crippen LogP contribution in [0.4, 0.5) is 5.69 Å². The lowest BCUT2D eigenvalue weighted by atomic mass is 10.2. The van der Waals surface area contributed by atoms with Crippen LogP contribution in [-0.4, -0.2) is 55.4 Å². The van der Waals surface area contributed by atoms with E-state index in [9.17, 15) is 4.79 Å². The van der Waals surface area contributed by atoms with E-state index in [1.165, 1.54) is 17.4 Å². The third kappa shape index (κ3) is 3.82. The Morgan fingerprint density at radius 2 is 1.88 bits per heavy atom. The highest BCUT2D eigenvalue weighted by Gasteiger charge is 2.27. The van der Waals surface area contributed by atoms with E-state index in [0.717, 1.165) is 36.9 Å². The molecule has 0 saturated carbocycles. The van der Waals surface area contributed by atoms with Gasteiger partial charge in [-0.05, 0) is 49.4 Å². The van der Waals surface area contributed by atoms with Gasteiger partial charge in [0, 0.05) is 31.9 Å². The Balaban J connectivity index is 1.69. The van der Waals surface area contributed by atoms with Crippen molar-refractivity contribution in [1.29, 1.82) is 0 Å². The van der Waals surface area contributed by atoms with Crippen molar-refractivity contribution in [2.75, 3.05) is 44.3 Å². The molecule has 0 bridgehead atoms. The molecule has 5 nitrogen and oxygen atoms in total. The molecule has 0 spiro atoms. The number of thioether (sulfide) groups is 1. The molecule has 2 aliphatic rings. The van der Waals surface area contributed by atoms with Gasteiger partial charge >= 0.3 is 0 Å². The number of amidine groups is 1. The first-order chi connectivity index (χ1) is 11.7. The average molecular weight is 345 g/mol. The van der Waals surface area contributed by atoms with E-state index in [2.05, 4.69) is 52.9 Å². The van der Waals surface area contributed by atoms with Crippen LogP contribution >= 0.6 is 11.8 Å². The van der Waals surface area contributed by atoms with Gasteiger partial charge in [0.05, 0.1) is 18.1 Å². The van der Waals surface area contributed by atoms with Crippen molar-refractivity contribution < 1.29 is 9.53 Å². The highest BCUT2D eigenvalue weighted by molar-refractivity contribution is 8.18. The fourth-order valence-electron chi connectivity index (χ4n) is 2.81. The molecule has 0 atom stereocenters. The summed E-state index contributed by atoms with van der Waals surface area (Å²) in [6.07, 6.45) is 1.93. The number of morpholine rings is 1. The fraction of sp³-hybridized carbons (Fsp3) is 0.444. The van der Waals surface area contributed by atoms with Crippen molar-refractivity contribution in [3.8, 4) is 0 Å². The highest BCUT2D eigenvalue weighted by atomic mass is 32.2. The zero-order valence-corrected chi connectivity index (χ0v) is 15.0. The van der Waals surface area contributed by atoms with Crippen LogP contribution in [0.5, 0.6) is 0 Å². The molecule has 0 radical (unpaired) electrons. The second-order valence-corrected chi connectivity index (χ2v) is 6.68. The van der Waals surface area contributed by atoms with E-state index in [1.54, 1.807) is 0 Å². The molecule has 2 aliphatic heterocycles. The Morgan fingerprint density at radius 1 is 1.21 bits per heavy atom. The molecule has 0 unspecified atom stereocenters. The number of ether oxygens (including phenoxy) is 1. The van der Waals surface area contributed by atoms with E-state index in [4.69, 9.17) is 4.74 Å². The Bertz CT molecular complexity index is 645. The maximum atomic E-state index is 12.2. The SMILES string of the molecule is CCN(CC)c1ccc(/C=C2/SC(N3CCOCC3)=NC2=O)cc1. The van der Waals surface area contributed by atoms with Crippen LogP contribution in [0.2, 0.25) is 0 Å². The summed E-state index contributed by atoms with van der Waals surface area (Å²) in [4.78, 5) is 21.5. The number of aliphatic imine (C=N–C) groups is 1. The zero-order chi connectivity index (χ0) is 16.9. The van der Waals surface area contributed by atoms with Crippen LogP contribution in [-0.2, 0) is 9.53 Å². The van der Waals surface area contributed by atoms with Crippen LogP contribution in [0.25, 0.3) is 6.08 Å². The lowest BCUT2D eigenvalue weighted by Gasteiger charge is -2.27. The number of carbonyl (C=O) groups is 1. The third-order valence-electron chi connectivity index (χ3n) is 4.21. The lowest BCUT2D eigenvalue weighted by Crippen LogP contribution is -2.38. The molecular formula is C18H23N3O2S. The smallest absolute Gasteiger partial charge is 0.286 e. The van der Waals surface area contributed by atoms with Gasteiger partial charge in [-0.1, -0.05) is 12.1 Å². The summed E-state index contributed by atoms with van der Waals surface area (Å²) >= 11 is 1.46. The molecule has 1 aromatic rings. The summed E-state index contributed by atoms with van der Waals surface area (Å²) in [6.45, 7) is 9.26. The molecule has 0 aromatic heterocycles. The Hall–Kier alpha value is -1.79. The molecular weight excluding hydrogens is 322 g/mol. The summed E-state index contributed by atoms with van der Waals surface area (Å²) in [5, 5.41) is 0.800. The molecule has 24 heavy (non-hydrogen) atoms. The van der Waals surface area contributed by atoms with E-state index >= 15 is 0 Å². The second-order valence-electron chi connectivity index (χ2n) is 5.67. The molecule has 128 valence electrons. The number of amides is 1.